The summed E-state index contributed by atoms with van der Waals surface area (Å²) in [5.74, 6) is 0.152. The molecule has 2 heterocycles. The number of nitrogens with zero attached hydrogens (tertiary/aromatic N) is 1. The molecular formula is C13H25N3O. The molecule has 0 saturated carbocycles. The van der Waals surface area contributed by atoms with Crippen molar-refractivity contribution in [3.63, 3.8) is 0 Å². The summed E-state index contributed by atoms with van der Waals surface area (Å²) < 4.78 is 0. The number of likely N-dealkylation sites (N-methyl/N-ethyl adjacent to an activating group) is 1. The first-order valence-corrected chi connectivity index (χ1v) is 6.92. The largest absolute Gasteiger partial charge is 0.352 e. The van der Waals surface area contributed by atoms with Crippen LogP contribution in [0.15, 0.2) is 0 Å². The van der Waals surface area contributed by atoms with E-state index in [4.69, 9.17) is 0 Å². The van der Waals surface area contributed by atoms with Gasteiger partial charge in [-0.25, -0.2) is 0 Å². The predicted molar refractivity (Wildman–Crippen MR) is 68.9 cm³/mol. The standard InChI is InChI=1S/C13H25N3O/c1-3-14-9-13(17)15-10-7-11-5-4-6-12(8-10)16(11)2/h10-12,14H,3-9H2,1-2H3,(H,15,17). The summed E-state index contributed by atoms with van der Waals surface area (Å²) in [5.41, 5.74) is 0. The van der Waals surface area contributed by atoms with Gasteiger partial charge in [0.25, 0.3) is 0 Å². The Morgan fingerprint density at radius 2 is 1.94 bits per heavy atom. The molecule has 0 aromatic heterocycles. The Balaban J connectivity index is 1.81. The number of hydrogen-bond donors (Lipinski definition) is 2. The van der Waals surface area contributed by atoms with Gasteiger partial charge in [-0.1, -0.05) is 13.3 Å². The minimum absolute atomic E-state index is 0.152. The van der Waals surface area contributed by atoms with Crippen LogP contribution in [0.1, 0.15) is 39.0 Å². The first-order valence-electron chi connectivity index (χ1n) is 6.92. The third-order valence-corrected chi connectivity index (χ3v) is 4.24. The molecule has 2 unspecified atom stereocenters. The number of hydrogen-bond acceptors (Lipinski definition) is 3. The van der Waals surface area contributed by atoms with E-state index in [1.165, 1.54) is 19.3 Å². The van der Waals surface area contributed by atoms with Crippen molar-refractivity contribution in [2.75, 3.05) is 20.1 Å². The Hall–Kier alpha value is -0.610. The van der Waals surface area contributed by atoms with Gasteiger partial charge in [0.1, 0.15) is 0 Å². The fourth-order valence-corrected chi connectivity index (χ4v) is 3.25. The van der Waals surface area contributed by atoms with E-state index in [0.29, 0.717) is 24.7 Å². The highest BCUT2D eigenvalue weighted by Crippen LogP contribution is 2.32. The van der Waals surface area contributed by atoms with Crippen molar-refractivity contribution in [3.8, 4) is 0 Å². The molecule has 4 nitrogen and oxygen atoms in total. The number of rotatable bonds is 4. The van der Waals surface area contributed by atoms with Gasteiger partial charge in [-0.05, 0) is 39.3 Å². The molecule has 0 radical (unpaired) electrons. The number of carbonyl (C=O) groups is 1. The van der Waals surface area contributed by atoms with Crippen molar-refractivity contribution in [2.45, 2.75) is 57.2 Å². The smallest absolute Gasteiger partial charge is 0.234 e. The van der Waals surface area contributed by atoms with E-state index in [1.54, 1.807) is 0 Å². The summed E-state index contributed by atoms with van der Waals surface area (Å²) >= 11 is 0. The van der Waals surface area contributed by atoms with E-state index in [9.17, 15) is 4.79 Å². The quantitative estimate of drug-likeness (QED) is 0.760. The molecule has 0 aliphatic carbocycles. The van der Waals surface area contributed by atoms with Crippen LogP contribution in [-0.2, 0) is 4.79 Å². The fourth-order valence-electron chi connectivity index (χ4n) is 3.25. The molecule has 4 heteroatoms. The second kappa shape index (κ2) is 5.83. The highest BCUT2D eigenvalue weighted by molar-refractivity contribution is 5.78. The van der Waals surface area contributed by atoms with Gasteiger partial charge in [0.15, 0.2) is 0 Å². The van der Waals surface area contributed by atoms with Gasteiger partial charge in [0, 0.05) is 18.1 Å². The lowest BCUT2D eigenvalue weighted by Crippen LogP contribution is -2.56. The monoisotopic (exact) mass is 239 g/mol. The minimum atomic E-state index is 0.152. The molecule has 2 atom stereocenters. The van der Waals surface area contributed by atoms with E-state index in [0.717, 1.165) is 19.4 Å². The van der Waals surface area contributed by atoms with Crippen LogP contribution in [-0.4, -0.2) is 49.1 Å². The third-order valence-electron chi connectivity index (χ3n) is 4.24. The van der Waals surface area contributed by atoms with Gasteiger partial charge in [0.2, 0.25) is 5.91 Å². The maximum atomic E-state index is 11.7. The highest BCUT2D eigenvalue weighted by Gasteiger charge is 2.36. The van der Waals surface area contributed by atoms with Crippen LogP contribution in [0.2, 0.25) is 0 Å². The molecule has 1 amide bonds. The van der Waals surface area contributed by atoms with Crippen molar-refractivity contribution < 1.29 is 4.79 Å². The Labute approximate surface area is 104 Å². The van der Waals surface area contributed by atoms with E-state index in [1.807, 2.05) is 6.92 Å². The van der Waals surface area contributed by atoms with Gasteiger partial charge in [-0.3, -0.25) is 4.79 Å². The Bertz CT molecular complexity index is 255. The minimum Gasteiger partial charge on any atom is -0.352 e. The van der Waals surface area contributed by atoms with Crippen LogP contribution < -0.4 is 10.6 Å². The maximum Gasteiger partial charge on any atom is 0.234 e. The molecule has 2 saturated heterocycles. The molecular weight excluding hydrogens is 214 g/mol. The summed E-state index contributed by atoms with van der Waals surface area (Å²) in [6.07, 6.45) is 6.21. The normalized spacial score (nSPS) is 33.4. The van der Waals surface area contributed by atoms with Crippen LogP contribution in [0.3, 0.4) is 0 Å². The van der Waals surface area contributed by atoms with E-state index >= 15 is 0 Å². The first-order chi connectivity index (χ1) is 8.20. The van der Waals surface area contributed by atoms with Crippen molar-refractivity contribution in [1.82, 2.24) is 15.5 Å². The molecule has 0 aromatic carbocycles. The molecule has 2 aliphatic heterocycles. The molecule has 2 rings (SSSR count). The number of carbonyl (C=O) groups excluding carboxylic acids is 1. The van der Waals surface area contributed by atoms with Crippen LogP contribution in [0.5, 0.6) is 0 Å². The molecule has 0 spiro atoms. The molecule has 0 aromatic rings. The highest BCUT2D eigenvalue weighted by atomic mass is 16.1. The van der Waals surface area contributed by atoms with Crippen LogP contribution in [0.25, 0.3) is 0 Å². The summed E-state index contributed by atoms with van der Waals surface area (Å²) in [5, 5.41) is 6.25. The number of piperidine rings is 2. The third kappa shape index (κ3) is 3.19. The van der Waals surface area contributed by atoms with Gasteiger partial charge in [-0.2, -0.15) is 0 Å². The Morgan fingerprint density at radius 1 is 1.29 bits per heavy atom. The average molecular weight is 239 g/mol. The van der Waals surface area contributed by atoms with Crippen molar-refractivity contribution in [1.29, 1.82) is 0 Å². The Kier molecular flexibility index (Phi) is 4.40. The van der Waals surface area contributed by atoms with Gasteiger partial charge in [-0.15, -0.1) is 0 Å². The van der Waals surface area contributed by atoms with E-state index in [-0.39, 0.29) is 5.91 Å². The second-order valence-corrected chi connectivity index (χ2v) is 5.42. The molecule has 2 bridgehead atoms. The summed E-state index contributed by atoms with van der Waals surface area (Å²) in [6.45, 7) is 3.33. The fraction of sp³-hybridized carbons (Fsp3) is 0.923. The van der Waals surface area contributed by atoms with Crippen LogP contribution in [0.4, 0.5) is 0 Å². The maximum absolute atomic E-state index is 11.7. The summed E-state index contributed by atoms with van der Waals surface area (Å²) in [4.78, 5) is 14.2. The molecule has 2 aliphatic rings. The lowest BCUT2D eigenvalue weighted by molar-refractivity contribution is -0.121. The zero-order valence-corrected chi connectivity index (χ0v) is 11.0. The predicted octanol–water partition coefficient (Wildman–Crippen LogP) is 0.727. The lowest BCUT2D eigenvalue weighted by Gasteiger charge is -2.47. The number of nitrogens with one attached hydrogen (secondary N) is 2. The average Bonchev–Trinajstić information content (AvgIpc) is 2.28. The van der Waals surface area contributed by atoms with Crippen molar-refractivity contribution in [2.24, 2.45) is 0 Å². The zero-order chi connectivity index (χ0) is 12.3. The molecule has 17 heavy (non-hydrogen) atoms. The Morgan fingerprint density at radius 3 is 2.53 bits per heavy atom. The zero-order valence-electron chi connectivity index (χ0n) is 11.0. The summed E-state index contributed by atoms with van der Waals surface area (Å²) in [6, 6.07) is 1.77. The van der Waals surface area contributed by atoms with E-state index in [2.05, 4.69) is 22.6 Å². The number of fused-ring (bicyclic) bond motifs is 2. The van der Waals surface area contributed by atoms with E-state index < -0.39 is 0 Å². The lowest BCUT2D eigenvalue weighted by atomic mass is 9.82. The van der Waals surface area contributed by atoms with Crippen LogP contribution >= 0.6 is 0 Å². The van der Waals surface area contributed by atoms with Crippen molar-refractivity contribution in [3.05, 3.63) is 0 Å². The molecule has 2 fully saturated rings. The van der Waals surface area contributed by atoms with Crippen molar-refractivity contribution >= 4 is 5.91 Å². The number of amides is 1. The summed E-state index contributed by atoms with van der Waals surface area (Å²) in [7, 11) is 2.24. The van der Waals surface area contributed by atoms with Gasteiger partial charge in [0.05, 0.1) is 6.54 Å². The van der Waals surface area contributed by atoms with Crippen LogP contribution in [0, 0.1) is 0 Å². The topological polar surface area (TPSA) is 44.4 Å². The van der Waals surface area contributed by atoms with Gasteiger partial charge < -0.3 is 15.5 Å². The molecule has 98 valence electrons. The first kappa shape index (κ1) is 12.8. The van der Waals surface area contributed by atoms with Gasteiger partial charge >= 0.3 is 0 Å². The SMILES string of the molecule is CCNCC(=O)NC1CC2CCCC(C1)N2C. The molecule has 2 N–H and O–H groups in total. The second-order valence-electron chi connectivity index (χ2n) is 5.42.